The van der Waals surface area contributed by atoms with Crippen LogP contribution in [-0.4, -0.2) is 48.8 Å². The molecule has 156 valence electrons. The van der Waals surface area contributed by atoms with E-state index in [9.17, 15) is 14.4 Å². The molecule has 3 aliphatic rings. The summed E-state index contributed by atoms with van der Waals surface area (Å²) in [7, 11) is 0. The molecular formula is C22H24N4O3S. The van der Waals surface area contributed by atoms with Crippen molar-refractivity contribution >= 4 is 40.4 Å². The van der Waals surface area contributed by atoms with Gasteiger partial charge in [0.15, 0.2) is 0 Å². The van der Waals surface area contributed by atoms with Crippen LogP contribution in [0.4, 0.5) is 11.4 Å². The molecule has 1 atom stereocenters. The van der Waals surface area contributed by atoms with E-state index in [1.165, 1.54) is 5.56 Å². The second-order valence-electron chi connectivity index (χ2n) is 8.09. The fourth-order valence-electron chi connectivity index (χ4n) is 4.58. The smallest absolute Gasteiger partial charge is 0.313 e. The molecule has 2 aromatic rings. The number of nitrogens with one attached hydrogen (secondary N) is 2. The normalized spacial score (nSPS) is 18.5. The van der Waals surface area contributed by atoms with Crippen LogP contribution in [0.2, 0.25) is 0 Å². The summed E-state index contributed by atoms with van der Waals surface area (Å²) in [6.07, 6.45) is 3.31. The van der Waals surface area contributed by atoms with Crippen LogP contribution >= 0.6 is 11.3 Å². The van der Waals surface area contributed by atoms with Gasteiger partial charge < -0.3 is 15.5 Å². The minimum absolute atomic E-state index is 0.100. The minimum Gasteiger partial charge on any atom is -0.346 e. The Labute approximate surface area is 179 Å². The highest BCUT2D eigenvalue weighted by atomic mass is 32.1. The molecule has 0 radical (unpaired) electrons. The van der Waals surface area contributed by atoms with Crippen molar-refractivity contribution in [3.05, 3.63) is 45.6 Å². The number of anilines is 2. The van der Waals surface area contributed by atoms with E-state index in [0.717, 1.165) is 55.7 Å². The zero-order chi connectivity index (χ0) is 20.7. The number of rotatable bonds is 5. The van der Waals surface area contributed by atoms with Gasteiger partial charge in [-0.15, -0.1) is 0 Å². The quantitative estimate of drug-likeness (QED) is 0.720. The third-order valence-electron chi connectivity index (χ3n) is 6.19. The summed E-state index contributed by atoms with van der Waals surface area (Å²) in [5.74, 6) is -1.20. The van der Waals surface area contributed by atoms with Gasteiger partial charge in [0.1, 0.15) is 0 Å². The van der Waals surface area contributed by atoms with Crippen molar-refractivity contribution in [2.24, 2.45) is 0 Å². The van der Waals surface area contributed by atoms with Gasteiger partial charge in [0.2, 0.25) is 5.91 Å². The number of aryl methyl sites for hydroxylation is 1. The number of thiophene rings is 1. The highest BCUT2D eigenvalue weighted by Crippen LogP contribution is 2.38. The minimum atomic E-state index is -0.674. The highest BCUT2D eigenvalue weighted by molar-refractivity contribution is 7.08. The Morgan fingerprint density at radius 3 is 2.67 bits per heavy atom. The molecule has 1 saturated heterocycles. The second-order valence-corrected chi connectivity index (χ2v) is 8.87. The first-order valence-corrected chi connectivity index (χ1v) is 11.4. The van der Waals surface area contributed by atoms with Crippen LogP contribution in [0.15, 0.2) is 29.0 Å². The molecule has 1 aromatic carbocycles. The number of likely N-dealkylation sites (tertiary alicyclic amines) is 1. The molecule has 7 nitrogen and oxygen atoms in total. The number of carbonyl (C=O) groups excluding carboxylic acids is 3. The molecule has 0 saturated carbocycles. The van der Waals surface area contributed by atoms with Gasteiger partial charge >= 0.3 is 11.8 Å². The fourth-order valence-corrected chi connectivity index (χ4v) is 5.29. The Kier molecular flexibility index (Phi) is 5.04. The lowest BCUT2D eigenvalue weighted by Crippen LogP contribution is -2.46. The van der Waals surface area contributed by atoms with E-state index in [1.807, 2.05) is 22.4 Å². The van der Waals surface area contributed by atoms with E-state index in [0.29, 0.717) is 18.7 Å². The highest BCUT2D eigenvalue weighted by Gasteiger charge is 2.33. The number of benzene rings is 1. The van der Waals surface area contributed by atoms with Crippen LogP contribution in [-0.2, 0) is 27.2 Å². The molecule has 2 N–H and O–H groups in total. The van der Waals surface area contributed by atoms with Crippen LogP contribution in [0.5, 0.6) is 0 Å². The van der Waals surface area contributed by atoms with Crippen molar-refractivity contribution in [1.29, 1.82) is 0 Å². The predicted molar refractivity (Wildman–Crippen MR) is 116 cm³/mol. The molecule has 1 fully saturated rings. The topological polar surface area (TPSA) is 81.8 Å². The standard InChI is InChI=1S/C22H24N4O3S/c27-19-11-16-10-17(9-14-3-1-7-26(19)20(14)16)24-22(29)21(28)23-12-18(25-5-2-6-25)15-4-8-30-13-15/h4,8-10,13,18H,1-3,5-7,11-12H2,(H,23,28)(H,24,29)/t18-/m1/s1. The number of carbonyl (C=O) groups is 3. The van der Waals surface area contributed by atoms with Crippen molar-refractivity contribution in [2.75, 3.05) is 36.4 Å². The Morgan fingerprint density at radius 1 is 1.10 bits per heavy atom. The van der Waals surface area contributed by atoms with Crippen LogP contribution < -0.4 is 15.5 Å². The van der Waals surface area contributed by atoms with Gasteiger partial charge in [-0.1, -0.05) is 0 Å². The first-order valence-electron chi connectivity index (χ1n) is 10.4. The monoisotopic (exact) mass is 424 g/mol. The van der Waals surface area contributed by atoms with Gasteiger partial charge in [0.25, 0.3) is 0 Å². The lowest BCUT2D eigenvalue weighted by molar-refractivity contribution is -0.136. The molecule has 3 aliphatic heterocycles. The van der Waals surface area contributed by atoms with Gasteiger partial charge in [0, 0.05) is 31.9 Å². The molecule has 1 aromatic heterocycles. The molecule has 8 heteroatoms. The van der Waals surface area contributed by atoms with Crippen LogP contribution in [0.1, 0.15) is 35.6 Å². The van der Waals surface area contributed by atoms with Crippen molar-refractivity contribution in [1.82, 2.24) is 10.2 Å². The summed E-state index contributed by atoms with van der Waals surface area (Å²) in [6.45, 7) is 3.18. The van der Waals surface area contributed by atoms with Crippen molar-refractivity contribution in [3.63, 3.8) is 0 Å². The molecule has 30 heavy (non-hydrogen) atoms. The summed E-state index contributed by atoms with van der Waals surface area (Å²) in [4.78, 5) is 41.3. The lowest BCUT2D eigenvalue weighted by Gasteiger charge is -2.38. The SMILES string of the molecule is O=C(NC[C@H](c1ccsc1)N1CCC1)C(=O)Nc1cc2c3c(c1)CC(=O)N3CCC2. The number of amides is 3. The third-order valence-corrected chi connectivity index (χ3v) is 6.89. The molecule has 0 bridgehead atoms. The molecule has 4 heterocycles. The molecule has 5 rings (SSSR count). The Bertz CT molecular complexity index is 1000. The van der Waals surface area contributed by atoms with Crippen LogP contribution in [0.3, 0.4) is 0 Å². The zero-order valence-corrected chi connectivity index (χ0v) is 17.5. The summed E-state index contributed by atoms with van der Waals surface area (Å²) < 4.78 is 0. The predicted octanol–water partition coefficient (Wildman–Crippen LogP) is 2.09. The van der Waals surface area contributed by atoms with Crippen LogP contribution in [0, 0.1) is 0 Å². The van der Waals surface area contributed by atoms with Gasteiger partial charge in [-0.3, -0.25) is 19.3 Å². The maximum atomic E-state index is 12.5. The fraction of sp³-hybridized carbons (Fsp3) is 0.409. The Morgan fingerprint density at radius 2 is 1.93 bits per heavy atom. The molecule has 3 amide bonds. The van der Waals surface area contributed by atoms with E-state index in [-0.39, 0.29) is 11.9 Å². The van der Waals surface area contributed by atoms with Gasteiger partial charge in [-0.2, -0.15) is 11.3 Å². The van der Waals surface area contributed by atoms with Crippen LogP contribution in [0.25, 0.3) is 0 Å². The largest absolute Gasteiger partial charge is 0.346 e. The second kappa shape index (κ2) is 7.85. The first kappa shape index (κ1) is 19.3. The summed E-state index contributed by atoms with van der Waals surface area (Å²) in [6, 6.07) is 5.88. The average Bonchev–Trinajstić information content (AvgIpc) is 3.33. The average molecular weight is 425 g/mol. The van der Waals surface area contributed by atoms with Gasteiger partial charge in [-0.05, 0) is 64.9 Å². The molecule has 0 aliphatic carbocycles. The van der Waals surface area contributed by atoms with E-state index in [2.05, 4.69) is 27.0 Å². The van der Waals surface area contributed by atoms with Crippen molar-refractivity contribution < 1.29 is 14.4 Å². The Hall–Kier alpha value is -2.71. The van der Waals surface area contributed by atoms with E-state index < -0.39 is 11.8 Å². The zero-order valence-electron chi connectivity index (χ0n) is 16.6. The maximum absolute atomic E-state index is 12.5. The first-order chi connectivity index (χ1) is 14.6. The molecular weight excluding hydrogens is 400 g/mol. The maximum Gasteiger partial charge on any atom is 0.313 e. The summed E-state index contributed by atoms with van der Waals surface area (Å²) in [5.41, 5.74) is 4.76. The molecule has 0 unspecified atom stereocenters. The van der Waals surface area contributed by atoms with Crippen molar-refractivity contribution in [3.8, 4) is 0 Å². The Balaban J connectivity index is 1.24. The van der Waals surface area contributed by atoms with E-state index >= 15 is 0 Å². The lowest BCUT2D eigenvalue weighted by atomic mass is 9.99. The van der Waals surface area contributed by atoms with E-state index in [1.54, 1.807) is 11.3 Å². The van der Waals surface area contributed by atoms with Crippen molar-refractivity contribution in [2.45, 2.75) is 31.7 Å². The summed E-state index contributed by atoms with van der Waals surface area (Å²) in [5, 5.41) is 9.64. The third kappa shape index (κ3) is 3.50. The van der Waals surface area contributed by atoms with Gasteiger partial charge in [-0.25, -0.2) is 0 Å². The number of nitrogens with zero attached hydrogens (tertiary/aromatic N) is 2. The summed E-state index contributed by atoms with van der Waals surface area (Å²) >= 11 is 1.63. The van der Waals surface area contributed by atoms with Gasteiger partial charge in [0.05, 0.1) is 18.2 Å². The molecule has 0 spiro atoms. The number of hydrogen-bond acceptors (Lipinski definition) is 5. The number of hydrogen-bond donors (Lipinski definition) is 2. The van der Waals surface area contributed by atoms with E-state index in [4.69, 9.17) is 0 Å².